The molecular formula is C26H25N3O3. The minimum Gasteiger partial charge on any atom is -0.493 e. The number of aromatic nitrogens is 2. The van der Waals surface area contributed by atoms with Crippen LogP contribution < -0.4 is 14.8 Å². The van der Waals surface area contributed by atoms with Crippen molar-refractivity contribution in [2.45, 2.75) is 19.3 Å². The summed E-state index contributed by atoms with van der Waals surface area (Å²) < 4.78 is 12.8. The summed E-state index contributed by atoms with van der Waals surface area (Å²) in [5.74, 6) is 2.17. The van der Waals surface area contributed by atoms with Crippen LogP contribution in [0.25, 0.3) is 16.9 Å². The third-order valence-electron chi connectivity index (χ3n) is 6.02. The molecule has 0 bridgehead atoms. The van der Waals surface area contributed by atoms with E-state index >= 15 is 0 Å². The largest absolute Gasteiger partial charge is 0.493 e. The molecule has 0 aliphatic heterocycles. The third kappa shape index (κ3) is 3.58. The summed E-state index contributed by atoms with van der Waals surface area (Å²) in [6.45, 7) is 2.02. The van der Waals surface area contributed by atoms with E-state index in [2.05, 4.69) is 17.4 Å². The fourth-order valence-corrected chi connectivity index (χ4v) is 4.22. The summed E-state index contributed by atoms with van der Waals surface area (Å²) in [4.78, 5) is 18.0. The SMILES string of the molecule is COc1ccc(-c2nc3ccc(C)cn3c2NC(=O)C2C[C@H]2c2ccccc2)cc1OC. The Labute approximate surface area is 186 Å². The average molecular weight is 428 g/mol. The Kier molecular flexibility index (Phi) is 5.05. The number of ether oxygens (including phenoxy) is 2. The predicted molar refractivity (Wildman–Crippen MR) is 124 cm³/mol. The van der Waals surface area contributed by atoms with E-state index in [4.69, 9.17) is 14.5 Å². The zero-order valence-electron chi connectivity index (χ0n) is 18.3. The van der Waals surface area contributed by atoms with Gasteiger partial charge in [-0.05, 0) is 54.7 Å². The topological polar surface area (TPSA) is 64.9 Å². The Balaban J connectivity index is 1.52. The van der Waals surface area contributed by atoms with Gasteiger partial charge in [0.05, 0.1) is 14.2 Å². The molecule has 1 amide bonds. The number of aryl methyl sites for hydroxylation is 1. The van der Waals surface area contributed by atoms with Gasteiger partial charge in [-0.3, -0.25) is 9.20 Å². The number of pyridine rings is 1. The number of carbonyl (C=O) groups is 1. The lowest BCUT2D eigenvalue weighted by Gasteiger charge is -2.11. The molecule has 4 aromatic rings. The van der Waals surface area contributed by atoms with Crippen molar-refractivity contribution in [3.63, 3.8) is 0 Å². The first-order valence-corrected chi connectivity index (χ1v) is 10.7. The summed E-state index contributed by atoms with van der Waals surface area (Å²) >= 11 is 0. The van der Waals surface area contributed by atoms with Gasteiger partial charge < -0.3 is 14.8 Å². The maximum absolute atomic E-state index is 13.2. The molecule has 0 radical (unpaired) electrons. The quantitative estimate of drug-likeness (QED) is 0.467. The molecule has 6 nitrogen and oxygen atoms in total. The van der Waals surface area contributed by atoms with Crippen LogP contribution in [0.15, 0.2) is 66.9 Å². The van der Waals surface area contributed by atoms with Crippen molar-refractivity contribution in [2.75, 3.05) is 19.5 Å². The van der Waals surface area contributed by atoms with E-state index in [1.165, 1.54) is 5.56 Å². The van der Waals surface area contributed by atoms with Crippen molar-refractivity contribution >= 4 is 17.4 Å². The smallest absolute Gasteiger partial charge is 0.229 e. The van der Waals surface area contributed by atoms with Gasteiger partial charge in [0, 0.05) is 17.7 Å². The van der Waals surface area contributed by atoms with E-state index in [1.807, 2.05) is 66.1 Å². The summed E-state index contributed by atoms with van der Waals surface area (Å²) in [5.41, 5.74) is 4.60. The Hall–Kier alpha value is -3.80. The van der Waals surface area contributed by atoms with Crippen molar-refractivity contribution in [1.29, 1.82) is 0 Å². The molecule has 0 saturated heterocycles. The molecule has 2 atom stereocenters. The number of amides is 1. The predicted octanol–water partition coefficient (Wildman–Crippen LogP) is 5.07. The van der Waals surface area contributed by atoms with E-state index in [-0.39, 0.29) is 17.7 Å². The van der Waals surface area contributed by atoms with E-state index in [0.29, 0.717) is 23.0 Å². The number of benzene rings is 2. The molecule has 5 rings (SSSR count). The zero-order chi connectivity index (χ0) is 22.2. The first-order chi connectivity index (χ1) is 15.6. The Morgan fingerprint density at radius 2 is 1.81 bits per heavy atom. The van der Waals surface area contributed by atoms with Crippen LogP contribution in [0, 0.1) is 12.8 Å². The van der Waals surface area contributed by atoms with Crippen molar-refractivity contribution in [3.05, 3.63) is 78.0 Å². The number of fused-ring (bicyclic) bond motifs is 1. The highest BCUT2D eigenvalue weighted by molar-refractivity contribution is 5.98. The highest BCUT2D eigenvalue weighted by atomic mass is 16.5. The van der Waals surface area contributed by atoms with Crippen LogP contribution in [-0.4, -0.2) is 29.5 Å². The highest BCUT2D eigenvalue weighted by Crippen LogP contribution is 2.48. The molecule has 0 spiro atoms. The van der Waals surface area contributed by atoms with Gasteiger partial charge in [0.15, 0.2) is 11.5 Å². The summed E-state index contributed by atoms with van der Waals surface area (Å²) in [6.07, 6.45) is 2.85. The number of methoxy groups -OCH3 is 2. The van der Waals surface area contributed by atoms with E-state index in [1.54, 1.807) is 14.2 Å². The molecule has 1 unspecified atom stereocenters. The van der Waals surface area contributed by atoms with Gasteiger partial charge in [-0.15, -0.1) is 0 Å². The maximum Gasteiger partial charge on any atom is 0.229 e. The van der Waals surface area contributed by atoms with Gasteiger partial charge in [-0.2, -0.15) is 0 Å². The lowest BCUT2D eigenvalue weighted by Crippen LogP contribution is -2.16. The van der Waals surface area contributed by atoms with E-state index in [9.17, 15) is 4.79 Å². The van der Waals surface area contributed by atoms with Crippen LogP contribution in [0.4, 0.5) is 5.82 Å². The molecule has 1 N–H and O–H groups in total. The lowest BCUT2D eigenvalue weighted by atomic mass is 10.1. The number of carbonyl (C=O) groups excluding carboxylic acids is 1. The number of nitrogens with zero attached hydrogens (tertiary/aromatic N) is 2. The second kappa shape index (κ2) is 8.04. The zero-order valence-corrected chi connectivity index (χ0v) is 18.3. The molecule has 2 aromatic carbocycles. The van der Waals surface area contributed by atoms with Crippen molar-refractivity contribution in [2.24, 2.45) is 5.92 Å². The minimum atomic E-state index is -0.0361. The summed E-state index contributed by atoms with van der Waals surface area (Å²) in [6, 6.07) is 19.8. The lowest BCUT2D eigenvalue weighted by molar-refractivity contribution is -0.117. The van der Waals surface area contributed by atoms with E-state index in [0.717, 1.165) is 23.2 Å². The molecule has 1 aliphatic rings. The van der Waals surface area contributed by atoms with Crippen molar-refractivity contribution in [3.8, 4) is 22.8 Å². The molecule has 1 fully saturated rings. The number of anilines is 1. The van der Waals surface area contributed by atoms with Gasteiger partial charge in [0.25, 0.3) is 0 Å². The molecule has 2 aromatic heterocycles. The Morgan fingerprint density at radius 3 is 2.56 bits per heavy atom. The first-order valence-electron chi connectivity index (χ1n) is 10.7. The van der Waals surface area contributed by atoms with Crippen LogP contribution >= 0.6 is 0 Å². The monoisotopic (exact) mass is 427 g/mol. The van der Waals surface area contributed by atoms with Gasteiger partial charge in [-0.25, -0.2) is 4.98 Å². The number of hydrogen-bond acceptors (Lipinski definition) is 4. The maximum atomic E-state index is 13.2. The summed E-state index contributed by atoms with van der Waals surface area (Å²) in [7, 11) is 3.21. The average Bonchev–Trinajstić information content (AvgIpc) is 3.56. The van der Waals surface area contributed by atoms with Crippen LogP contribution in [0.1, 0.15) is 23.5 Å². The van der Waals surface area contributed by atoms with Crippen LogP contribution in [0.5, 0.6) is 11.5 Å². The number of imidazole rings is 1. The molecule has 1 saturated carbocycles. The van der Waals surface area contributed by atoms with Crippen molar-refractivity contribution in [1.82, 2.24) is 9.38 Å². The molecule has 162 valence electrons. The fourth-order valence-electron chi connectivity index (χ4n) is 4.22. The van der Waals surface area contributed by atoms with Crippen LogP contribution in [0.2, 0.25) is 0 Å². The molecule has 32 heavy (non-hydrogen) atoms. The number of rotatable bonds is 6. The van der Waals surface area contributed by atoms with Gasteiger partial charge in [0.2, 0.25) is 5.91 Å². The standard InChI is InChI=1S/C26H25N3O3/c1-16-9-12-23-27-24(18-10-11-21(31-2)22(13-18)32-3)25(29(23)15-16)28-26(30)20-14-19(20)17-7-5-4-6-8-17/h4-13,15,19-20H,14H2,1-3H3,(H,28,30)/t19-,20?/m0/s1. The molecule has 2 heterocycles. The van der Waals surface area contributed by atoms with E-state index < -0.39 is 0 Å². The molecule has 1 aliphatic carbocycles. The van der Waals surface area contributed by atoms with Gasteiger partial charge in [0.1, 0.15) is 17.2 Å². The first kappa shape index (κ1) is 20.1. The Morgan fingerprint density at radius 1 is 1.03 bits per heavy atom. The highest BCUT2D eigenvalue weighted by Gasteiger charge is 2.44. The second-order valence-corrected chi connectivity index (χ2v) is 8.16. The van der Waals surface area contributed by atoms with Gasteiger partial charge in [-0.1, -0.05) is 36.4 Å². The minimum absolute atomic E-state index is 0.0175. The van der Waals surface area contributed by atoms with Crippen LogP contribution in [-0.2, 0) is 4.79 Å². The van der Waals surface area contributed by atoms with Gasteiger partial charge >= 0.3 is 0 Å². The van der Waals surface area contributed by atoms with Crippen LogP contribution in [0.3, 0.4) is 0 Å². The summed E-state index contributed by atoms with van der Waals surface area (Å²) in [5, 5.41) is 3.18. The normalized spacial score (nSPS) is 17.2. The number of hydrogen-bond donors (Lipinski definition) is 1. The third-order valence-corrected chi connectivity index (χ3v) is 6.02. The fraction of sp³-hybridized carbons (Fsp3) is 0.231. The molecule has 6 heteroatoms. The van der Waals surface area contributed by atoms with Crippen molar-refractivity contribution < 1.29 is 14.3 Å². The second-order valence-electron chi connectivity index (χ2n) is 8.16. The molecular weight excluding hydrogens is 402 g/mol. The number of nitrogens with one attached hydrogen (secondary N) is 1. The Bertz CT molecular complexity index is 1300.